The standard InChI is InChI=1S/C9H3F17/c10-3(11,12)1-2(4(13,6(15,16)17)7(18,19)20)5(14,8(21,22)23)9(24,25)26/h2H,1H2. The average Bonchev–Trinajstić information content (AvgIpc) is 2.27. The van der Waals surface area contributed by atoms with E-state index in [1.807, 2.05) is 0 Å². The highest BCUT2D eigenvalue weighted by atomic mass is 19.4. The van der Waals surface area contributed by atoms with Crippen LogP contribution in [0.3, 0.4) is 0 Å². The smallest absolute Gasteiger partial charge is 0.223 e. The van der Waals surface area contributed by atoms with Crippen molar-refractivity contribution in [3.8, 4) is 0 Å². The predicted octanol–water partition coefficient (Wildman–Crippen LogP) is 6.22. The molecule has 26 heavy (non-hydrogen) atoms. The third-order valence-corrected chi connectivity index (χ3v) is 3.05. The van der Waals surface area contributed by atoms with E-state index in [0.717, 1.165) is 0 Å². The Morgan fingerprint density at radius 2 is 0.577 bits per heavy atom. The van der Waals surface area contributed by atoms with Gasteiger partial charge in [-0.1, -0.05) is 0 Å². The second-order valence-electron chi connectivity index (χ2n) is 4.79. The Kier molecular flexibility index (Phi) is 5.89. The molecule has 0 fully saturated rings. The van der Waals surface area contributed by atoms with Crippen molar-refractivity contribution in [2.75, 3.05) is 0 Å². The molecule has 0 aromatic rings. The van der Waals surface area contributed by atoms with Gasteiger partial charge >= 0.3 is 42.2 Å². The lowest BCUT2D eigenvalue weighted by atomic mass is 9.73. The maximum atomic E-state index is 13.6. The van der Waals surface area contributed by atoms with Gasteiger partial charge in [0.15, 0.2) is 0 Å². The summed E-state index contributed by atoms with van der Waals surface area (Å²) in [6.07, 6.45) is -42.3. The Bertz CT molecular complexity index is 415. The van der Waals surface area contributed by atoms with Crippen LogP contribution in [0.4, 0.5) is 74.6 Å². The summed E-state index contributed by atoms with van der Waals surface area (Å²) in [6, 6.07) is 0. The van der Waals surface area contributed by atoms with E-state index in [0.29, 0.717) is 0 Å². The lowest BCUT2D eigenvalue weighted by Crippen LogP contribution is -2.71. The predicted molar refractivity (Wildman–Crippen MR) is 46.1 cm³/mol. The fourth-order valence-electron chi connectivity index (χ4n) is 1.90. The second-order valence-corrected chi connectivity index (χ2v) is 4.79. The number of hydrogen-bond acceptors (Lipinski definition) is 0. The molecular formula is C9H3F17. The van der Waals surface area contributed by atoms with Crippen molar-refractivity contribution in [1.82, 2.24) is 0 Å². The minimum Gasteiger partial charge on any atom is -0.223 e. The van der Waals surface area contributed by atoms with E-state index < -0.39 is 54.6 Å². The van der Waals surface area contributed by atoms with Crippen LogP contribution in [0.1, 0.15) is 6.42 Å². The van der Waals surface area contributed by atoms with Gasteiger partial charge in [0, 0.05) is 0 Å². The first-order valence-electron chi connectivity index (χ1n) is 5.55. The highest BCUT2D eigenvalue weighted by Crippen LogP contribution is 2.63. The molecular weight excluding hydrogens is 431 g/mol. The van der Waals surface area contributed by atoms with Crippen molar-refractivity contribution >= 4 is 0 Å². The fraction of sp³-hybridized carbons (Fsp3) is 1.00. The summed E-state index contributed by atoms with van der Waals surface area (Å²) < 4.78 is 212. The van der Waals surface area contributed by atoms with Crippen LogP contribution in [-0.2, 0) is 0 Å². The van der Waals surface area contributed by atoms with Gasteiger partial charge in [-0.25, -0.2) is 8.78 Å². The second kappa shape index (κ2) is 6.17. The molecule has 17 heteroatoms. The van der Waals surface area contributed by atoms with Crippen molar-refractivity contribution in [2.24, 2.45) is 5.92 Å². The molecule has 0 saturated heterocycles. The maximum absolute atomic E-state index is 13.6. The molecule has 0 radical (unpaired) electrons. The first-order valence-corrected chi connectivity index (χ1v) is 5.55. The van der Waals surface area contributed by atoms with Crippen LogP contribution < -0.4 is 0 Å². The number of alkyl halides is 17. The Balaban J connectivity index is 7.14. The van der Waals surface area contributed by atoms with Gasteiger partial charge in [-0.3, -0.25) is 0 Å². The quantitative estimate of drug-likeness (QED) is 0.463. The minimum atomic E-state index is -7.84. The van der Waals surface area contributed by atoms with Crippen LogP contribution in [0, 0.1) is 5.92 Å². The normalized spacial score (nSPS) is 16.4. The molecule has 0 aromatic carbocycles. The Labute approximate surface area is 130 Å². The van der Waals surface area contributed by atoms with Gasteiger partial charge in [-0.2, -0.15) is 65.9 Å². The Morgan fingerprint density at radius 1 is 0.385 bits per heavy atom. The van der Waals surface area contributed by atoms with E-state index in [1.165, 1.54) is 0 Å². The summed E-state index contributed by atoms with van der Waals surface area (Å²) in [6.45, 7) is 0. The number of hydrogen-bond donors (Lipinski definition) is 0. The molecule has 0 heterocycles. The average molecular weight is 434 g/mol. The molecule has 0 nitrogen and oxygen atoms in total. The summed E-state index contributed by atoms with van der Waals surface area (Å²) in [7, 11) is 0. The lowest BCUT2D eigenvalue weighted by molar-refractivity contribution is -0.423. The van der Waals surface area contributed by atoms with Crippen LogP contribution in [0.5, 0.6) is 0 Å². The SMILES string of the molecule is FC(F)(F)CC(C(F)(C(F)(F)F)C(F)(F)F)C(F)(C(F)(F)F)C(F)(F)F. The third-order valence-electron chi connectivity index (χ3n) is 3.05. The van der Waals surface area contributed by atoms with Crippen LogP contribution in [0.15, 0.2) is 0 Å². The molecule has 0 aliphatic heterocycles. The molecule has 0 unspecified atom stereocenters. The Morgan fingerprint density at radius 3 is 0.692 bits per heavy atom. The maximum Gasteiger partial charge on any atom is 0.432 e. The topological polar surface area (TPSA) is 0 Å². The van der Waals surface area contributed by atoms with Gasteiger partial charge in [0.1, 0.15) is 0 Å². The highest BCUT2D eigenvalue weighted by Gasteiger charge is 2.88. The van der Waals surface area contributed by atoms with Crippen molar-refractivity contribution in [3.63, 3.8) is 0 Å². The molecule has 0 aliphatic rings. The molecule has 0 amide bonds. The van der Waals surface area contributed by atoms with Crippen LogP contribution >= 0.6 is 0 Å². The van der Waals surface area contributed by atoms with Gasteiger partial charge in [0.05, 0.1) is 12.3 Å². The number of rotatable bonds is 3. The van der Waals surface area contributed by atoms with Crippen molar-refractivity contribution in [2.45, 2.75) is 48.6 Å². The van der Waals surface area contributed by atoms with Gasteiger partial charge in [-0.05, 0) is 0 Å². The van der Waals surface area contributed by atoms with E-state index in [1.54, 1.807) is 0 Å². The third kappa shape index (κ3) is 4.04. The molecule has 158 valence electrons. The van der Waals surface area contributed by atoms with Crippen molar-refractivity contribution in [3.05, 3.63) is 0 Å². The van der Waals surface area contributed by atoms with E-state index in [2.05, 4.69) is 0 Å². The highest BCUT2D eigenvalue weighted by molar-refractivity contribution is 5.13. The Hall–Kier alpha value is -1.19. The number of halogens is 17. The monoisotopic (exact) mass is 434 g/mol. The molecule has 0 atom stereocenters. The molecule has 0 N–H and O–H groups in total. The summed E-state index contributed by atoms with van der Waals surface area (Å²) in [5, 5.41) is 0. The molecule has 0 saturated carbocycles. The van der Waals surface area contributed by atoms with E-state index in [9.17, 15) is 74.6 Å². The summed E-state index contributed by atoms with van der Waals surface area (Å²) in [5.74, 6) is -6.35. The first-order chi connectivity index (χ1) is 10.8. The summed E-state index contributed by atoms with van der Waals surface area (Å²) in [4.78, 5) is 0. The molecule has 0 aromatic heterocycles. The van der Waals surface area contributed by atoms with Gasteiger partial charge < -0.3 is 0 Å². The molecule has 0 spiro atoms. The van der Waals surface area contributed by atoms with Crippen LogP contribution in [0.25, 0.3) is 0 Å². The zero-order chi connectivity index (χ0) is 21.8. The van der Waals surface area contributed by atoms with Crippen molar-refractivity contribution in [1.29, 1.82) is 0 Å². The largest absolute Gasteiger partial charge is 0.432 e. The van der Waals surface area contributed by atoms with Crippen LogP contribution in [0.2, 0.25) is 0 Å². The first kappa shape index (κ1) is 24.8. The van der Waals surface area contributed by atoms with Crippen LogP contribution in [-0.4, -0.2) is 42.2 Å². The van der Waals surface area contributed by atoms with Gasteiger partial charge in [0.2, 0.25) is 0 Å². The van der Waals surface area contributed by atoms with Gasteiger partial charge in [-0.15, -0.1) is 0 Å². The molecule has 0 aliphatic carbocycles. The fourth-order valence-corrected chi connectivity index (χ4v) is 1.90. The summed E-state index contributed by atoms with van der Waals surface area (Å²) >= 11 is 0. The zero-order valence-corrected chi connectivity index (χ0v) is 11.2. The van der Waals surface area contributed by atoms with Gasteiger partial charge in [0.25, 0.3) is 0 Å². The minimum absolute atomic E-state index is 4.38. The van der Waals surface area contributed by atoms with E-state index >= 15 is 0 Å². The van der Waals surface area contributed by atoms with Crippen molar-refractivity contribution < 1.29 is 74.6 Å². The lowest BCUT2D eigenvalue weighted by Gasteiger charge is -2.44. The zero-order valence-electron chi connectivity index (χ0n) is 11.2. The van der Waals surface area contributed by atoms with E-state index in [4.69, 9.17) is 0 Å². The molecule has 0 bridgehead atoms. The van der Waals surface area contributed by atoms with E-state index in [-0.39, 0.29) is 0 Å². The molecule has 0 rings (SSSR count). The summed E-state index contributed by atoms with van der Waals surface area (Å²) in [5.41, 5.74) is -15.7.